The average Bonchev–Trinajstić information content (AvgIpc) is 2.93. The van der Waals surface area contributed by atoms with E-state index >= 15 is 0 Å². The minimum atomic E-state index is -0.951. The molecule has 0 spiro atoms. The Morgan fingerprint density at radius 1 is 1.40 bits per heavy atom. The van der Waals surface area contributed by atoms with Crippen LogP contribution in [0.15, 0.2) is 36.5 Å². The number of aromatic nitrogens is 2. The van der Waals surface area contributed by atoms with Gasteiger partial charge in [-0.2, -0.15) is 10.4 Å². The maximum absolute atomic E-state index is 11.9. The fourth-order valence-electron chi connectivity index (χ4n) is 1.78. The molecule has 2 aromatic rings. The van der Waals surface area contributed by atoms with Gasteiger partial charge >= 0.3 is 0 Å². The number of anilines is 1. The summed E-state index contributed by atoms with van der Waals surface area (Å²) in [5, 5.41) is 18.7. The van der Waals surface area contributed by atoms with Gasteiger partial charge in [0, 0.05) is 19.7 Å². The fourth-order valence-corrected chi connectivity index (χ4v) is 1.78. The van der Waals surface area contributed by atoms with Gasteiger partial charge in [-0.15, -0.1) is 0 Å². The quantitative estimate of drug-likeness (QED) is 0.880. The molecule has 0 saturated heterocycles. The van der Waals surface area contributed by atoms with E-state index in [1.165, 1.54) is 4.90 Å². The lowest BCUT2D eigenvalue weighted by atomic mass is 10.1. The van der Waals surface area contributed by atoms with Crippen molar-refractivity contribution in [3.05, 3.63) is 36.5 Å². The molecule has 1 amide bonds. The van der Waals surface area contributed by atoms with Gasteiger partial charge in [-0.05, 0) is 5.56 Å². The summed E-state index contributed by atoms with van der Waals surface area (Å²) in [6.45, 7) is 0. The van der Waals surface area contributed by atoms with Crippen LogP contribution in [0, 0.1) is 11.3 Å². The number of nitrogens with zero attached hydrogens (tertiary/aromatic N) is 3. The number of aromatic amines is 1. The molecular weight excluding hydrogens is 254 g/mol. The van der Waals surface area contributed by atoms with Crippen LogP contribution in [-0.2, 0) is 4.79 Å². The Morgan fingerprint density at radius 3 is 2.70 bits per heavy atom. The maximum Gasteiger partial charge on any atom is 0.259 e. The molecular formula is C14H15N5O. The zero-order valence-corrected chi connectivity index (χ0v) is 11.3. The fraction of sp³-hybridized carbons (Fsp3) is 0.214. The van der Waals surface area contributed by atoms with Crippen molar-refractivity contribution >= 4 is 11.7 Å². The van der Waals surface area contributed by atoms with Gasteiger partial charge in [-0.1, -0.05) is 30.3 Å². The summed E-state index contributed by atoms with van der Waals surface area (Å²) in [6.07, 6.45) is 1.66. The van der Waals surface area contributed by atoms with E-state index in [1.807, 2.05) is 36.4 Å². The summed E-state index contributed by atoms with van der Waals surface area (Å²) in [5.41, 5.74) is 1.77. The van der Waals surface area contributed by atoms with Gasteiger partial charge in [-0.25, -0.2) is 0 Å². The van der Waals surface area contributed by atoms with Crippen molar-refractivity contribution in [2.24, 2.45) is 0 Å². The standard InChI is InChI=1S/C14H15N5O/c1-19(2)14(20)12(8-15)17-13-11(9-16-18-13)10-6-4-3-5-7-10/h3-7,9,12H,1-2H3,(H2,16,17,18). The molecule has 0 radical (unpaired) electrons. The first kappa shape index (κ1) is 13.6. The van der Waals surface area contributed by atoms with E-state index in [4.69, 9.17) is 5.26 Å². The summed E-state index contributed by atoms with van der Waals surface area (Å²) in [6, 6.07) is 10.6. The molecule has 6 heteroatoms. The third kappa shape index (κ3) is 2.78. The van der Waals surface area contributed by atoms with Crippen molar-refractivity contribution in [3.63, 3.8) is 0 Å². The molecule has 1 aromatic carbocycles. The lowest BCUT2D eigenvalue weighted by molar-refractivity contribution is -0.128. The molecule has 0 aliphatic carbocycles. The molecule has 102 valence electrons. The minimum Gasteiger partial charge on any atom is -0.347 e. The molecule has 0 aliphatic heterocycles. The predicted molar refractivity (Wildman–Crippen MR) is 75.7 cm³/mol. The Kier molecular flexibility index (Phi) is 4.01. The van der Waals surface area contributed by atoms with E-state index in [9.17, 15) is 4.79 Å². The second-order valence-corrected chi connectivity index (χ2v) is 4.46. The third-order valence-corrected chi connectivity index (χ3v) is 2.83. The van der Waals surface area contributed by atoms with Crippen molar-refractivity contribution in [1.29, 1.82) is 5.26 Å². The second kappa shape index (κ2) is 5.89. The number of amides is 1. The highest BCUT2D eigenvalue weighted by molar-refractivity contribution is 5.88. The van der Waals surface area contributed by atoms with Crippen LogP contribution in [-0.4, -0.2) is 41.1 Å². The number of hydrogen-bond donors (Lipinski definition) is 2. The number of nitriles is 1. The number of hydrogen-bond acceptors (Lipinski definition) is 4. The van der Waals surface area contributed by atoms with Gasteiger partial charge in [0.15, 0.2) is 6.04 Å². The van der Waals surface area contributed by atoms with Crippen LogP contribution in [0.4, 0.5) is 5.82 Å². The Labute approximate surface area is 117 Å². The Balaban J connectivity index is 2.25. The van der Waals surface area contributed by atoms with Crippen LogP contribution in [0.5, 0.6) is 0 Å². The van der Waals surface area contributed by atoms with E-state index in [2.05, 4.69) is 15.5 Å². The largest absolute Gasteiger partial charge is 0.347 e. The first-order valence-electron chi connectivity index (χ1n) is 6.09. The van der Waals surface area contributed by atoms with Crippen molar-refractivity contribution in [2.75, 3.05) is 19.4 Å². The summed E-state index contributed by atoms with van der Waals surface area (Å²) in [5.74, 6) is 0.249. The first-order chi connectivity index (χ1) is 9.63. The number of carbonyl (C=O) groups is 1. The summed E-state index contributed by atoms with van der Waals surface area (Å²) >= 11 is 0. The topological polar surface area (TPSA) is 84.8 Å². The lowest BCUT2D eigenvalue weighted by Gasteiger charge is -2.16. The third-order valence-electron chi connectivity index (χ3n) is 2.83. The first-order valence-corrected chi connectivity index (χ1v) is 6.09. The van der Waals surface area contributed by atoms with Crippen LogP contribution in [0.3, 0.4) is 0 Å². The monoisotopic (exact) mass is 269 g/mol. The Bertz CT molecular complexity index is 627. The van der Waals surface area contributed by atoms with E-state index in [0.717, 1.165) is 11.1 Å². The zero-order chi connectivity index (χ0) is 14.5. The molecule has 20 heavy (non-hydrogen) atoms. The van der Waals surface area contributed by atoms with Crippen LogP contribution in [0.25, 0.3) is 11.1 Å². The van der Waals surface area contributed by atoms with E-state index < -0.39 is 6.04 Å². The summed E-state index contributed by atoms with van der Waals surface area (Å²) in [4.78, 5) is 13.2. The van der Waals surface area contributed by atoms with E-state index in [-0.39, 0.29) is 5.91 Å². The number of H-pyrrole nitrogens is 1. The normalized spacial score (nSPS) is 11.4. The smallest absolute Gasteiger partial charge is 0.259 e. The van der Waals surface area contributed by atoms with Gasteiger partial charge in [0.05, 0.1) is 12.3 Å². The van der Waals surface area contributed by atoms with Crippen molar-refractivity contribution in [2.45, 2.75) is 6.04 Å². The molecule has 0 saturated carbocycles. The highest BCUT2D eigenvalue weighted by atomic mass is 16.2. The Morgan fingerprint density at radius 2 is 2.10 bits per heavy atom. The molecule has 0 bridgehead atoms. The van der Waals surface area contributed by atoms with Gasteiger partial charge in [0.2, 0.25) is 0 Å². The van der Waals surface area contributed by atoms with Crippen molar-refractivity contribution < 1.29 is 4.79 Å². The van der Waals surface area contributed by atoms with Crippen LogP contribution < -0.4 is 5.32 Å². The van der Waals surface area contributed by atoms with Gasteiger partial charge in [-0.3, -0.25) is 9.89 Å². The number of nitrogens with one attached hydrogen (secondary N) is 2. The van der Waals surface area contributed by atoms with E-state index in [0.29, 0.717) is 5.82 Å². The molecule has 0 fully saturated rings. The lowest BCUT2D eigenvalue weighted by Crippen LogP contribution is -2.38. The molecule has 1 heterocycles. The van der Waals surface area contributed by atoms with Crippen LogP contribution >= 0.6 is 0 Å². The Hall–Kier alpha value is -2.81. The van der Waals surface area contributed by atoms with Gasteiger partial charge in [0.25, 0.3) is 5.91 Å². The van der Waals surface area contributed by atoms with Crippen molar-refractivity contribution in [3.8, 4) is 17.2 Å². The molecule has 6 nitrogen and oxygen atoms in total. The highest BCUT2D eigenvalue weighted by Gasteiger charge is 2.21. The van der Waals surface area contributed by atoms with Crippen LogP contribution in [0.1, 0.15) is 0 Å². The SMILES string of the molecule is CN(C)C(=O)C(C#N)Nc1[nH]ncc1-c1ccccc1. The number of carbonyl (C=O) groups excluding carboxylic acids is 1. The summed E-state index contributed by atoms with van der Waals surface area (Å²) in [7, 11) is 3.22. The minimum absolute atomic E-state index is 0.305. The predicted octanol–water partition coefficient (Wildman–Crippen LogP) is 1.47. The molecule has 0 aliphatic rings. The number of likely N-dealkylation sites (N-methyl/N-ethyl adjacent to an activating group) is 1. The maximum atomic E-state index is 11.9. The average molecular weight is 269 g/mol. The van der Waals surface area contributed by atoms with E-state index in [1.54, 1.807) is 20.3 Å². The molecule has 2 N–H and O–H groups in total. The van der Waals surface area contributed by atoms with Gasteiger partial charge < -0.3 is 10.2 Å². The number of rotatable bonds is 4. The number of benzene rings is 1. The highest BCUT2D eigenvalue weighted by Crippen LogP contribution is 2.25. The van der Waals surface area contributed by atoms with Gasteiger partial charge in [0.1, 0.15) is 5.82 Å². The summed E-state index contributed by atoms with van der Waals surface area (Å²) < 4.78 is 0. The zero-order valence-electron chi connectivity index (χ0n) is 11.3. The molecule has 2 rings (SSSR count). The molecule has 1 aromatic heterocycles. The van der Waals surface area contributed by atoms with Crippen molar-refractivity contribution in [1.82, 2.24) is 15.1 Å². The van der Waals surface area contributed by atoms with Crippen LogP contribution in [0.2, 0.25) is 0 Å². The second-order valence-electron chi connectivity index (χ2n) is 4.46. The molecule has 1 atom stereocenters. The molecule has 1 unspecified atom stereocenters.